The summed E-state index contributed by atoms with van der Waals surface area (Å²) >= 11 is 3.30. The number of hydrogen-bond acceptors (Lipinski definition) is 3. The van der Waals surface area contributed by atoms with Gasteiger partial charge in [-0.1, -0.05) is 15.9 Å². The predicted molar refractivity (Wildman–Crippen MR) is 90.5 cm³/mol. The molecular formula is C17H21BrF3NO3. The maximum atomic E-state index is 12.4. The molecule has 0 aromatic heterocycles. The van der Waals surface area contributed by atoms with Crippen LogP contribution in [0.2, 0.25) is 0 Å². The summed E-state index contributed by atoms with van der Waals surface area (Å²) in [5.74, 6) is 0.106. The number of halogens is 4. The van der Waals surface area contributed by atoms with Gasteiger partial charge in [-0.2, -0.15) is 13.2 Å². The van der Waals surface area contributed by atoms with Crippen molar-refractivity contribution in [2.45, 2.75) is 58.0 Å². The van der Waals surface area contributed by atoms with Gasteiger partial charge in [0.15, 0.2) is 6.61 Å². The van der Waals surface area contributed by atoms with Crippen LogP contribution in [0.1, 0.15) is 39.2 Å². The Balaban J connectivity index is 2.17. The number of benzene rings is 1. The van der Waals surface area contributed by atoms with E-state index in [1.54, 1.807) is 37.8 Å². The lowest BCUT2D eigenvalue weighted by atomic mass is 10.2. The Bertz CT molecular complexity index is 625. The summed E-state index contributed by atoms with van der Waals surface area (Å²) in [7, 11) is 0. The number of carbonyl (C=O) groups is 1. The van der Waals surface area contributed by atoms with E-state index in [0.29, 0.717) is 10.0 Å². The third-order valence-corrected chi connectivity index (χ3v) is 3.86. The molecule has 1 aliphatic carbocycles. The molecule has 0 heterocycles. The van der Waals surface area contributed by atoms with Crippen molar-refractivity contribution >= 4 is 22.0 Å². The van der Waals surface area contributed by atoms with Gasteiger partial charge in [0.1, 0.15) is 11.4 Å². The van der Waals surface area contributed by atoms with Crippen molar-refractivity contribution in [2.24, 2.45) is 0 Å². The molecule has 0 unspecified atom stereocenters. The van der Waals surface area contributed by atoms with Crippen LogP contribution in [0.5, 0.6) is 5.75 Å². The summed E-state index contributed by atoms with van der Waals surface area (Å²) in [6.07, 6.45) is -3.19. The van der Waals surface area contributed by atoms with E-state index >= 15 is 0 Å². The van der Waals surface area contributed by atoms with Crippen LogP contribution < -0.4 is 4.74 Å². The number of carbonyl (C=O) groups excluding carboxylic acids is 1. The van der Waals surface area contributed by atoms with Gasteiger partial charge < -0.3 is 14.4 Å². The first kappa shape index (κ1) is 19.9. The zero-order chi connectivity index (χ0) is 18.8. The minimum Gasteiger partial charge on any atom is -0.484 e. The number of rotatable bonds is 5. The van der Waals surface area contributed by atoms with Crippen LogP contribution in [0.3, 0.4) is 0 Å². The highest BCUT2D eigenvalue weighted by Crippen LogP contribution is 2.33. The highest BCUT2D eigenvalue weighted by atomic mass is 79.9. The summed E-state index contributed by atoms with van der Waals surface area (Å²) in [4.78, 5) is 14.0. The number of hydrogen-bond donors (Lipinski definition) is 0. The molecule has 1 fully saturated rings. The highest BCUT2D eigenvalue weighted by Gasteiger charge is 2.36. The van der Waals surface area contributed by atoms with E-state index in [9.17, 15) is 18.0 Å². The minimum atomic E-state index is -4.42. The summed E-state index contributed by atoms with van der Waals surface area (Å²) in [5.41, 5.74) is -0.145. The molecule has 1 aromatic rings. The zero-order valence-electron chi connectivity index (χ0n) is 14.3. The fourth-order valence-corrected chi connectivity index (χ4v) is 2.61. The number of amides is 1. The molecule has 140 valence electrons. The lowest BCUT2D eigenvalue weighted by Crippen LogP contribution is -2.38. The SMILES string of the molecule is CC(C)(C)OC(=O)N(Cc1cc(Br)ccc1OCC(F)(F)F)C1CC1. The predicted octanol–water partition coefficient (Wildman–Crippen LogP) is 5.29. The van der Waals surface area contributed by atoms with Gasteiger partial charge in [0.2, 0.25) is 0 Å². The Hall–Kier alpha value is -1.44. The van der Waals surface area contributed by atoms with Crippen molar-refractivity contribution in [3.8, 4) is 5.75 Å². The molecule has 0 saturated heterocycles. The molecule has 4 nitrogen and oxygen atoms in total. The first-order chi connectivity index (χ1) is 11.4. The number of alkyl halides is 3. The first-order valence-electron chi connectivity index (χ1n) is 7.92. The monoisotopic (exact) mass is 423 g/mol. The molecule has 0 atom stereocenters. The summed E-state index contributed by atoms with van der Waals surface area (Å²) < 4.78 is 48.4. The molecule has 8 heteroatoms. The molecule has 1 aromatic carbocycles. The highest BCUT2D eigenvalue weighted by molar-refractivity contribution is 9.10. The van der Waals surface area contributed by atoms with Crippen LogP contribution in [-0.4, -0.2) is 35.4 Å². The van der Waals surface area contributed by atoms with E-state index in [1.165, 1.54) is 6.07 Å². The van der Waals surface area contributed by atoms with Gasteiger partial charge in [-0.05, 0) is 51.8 Å². The van der Waals surface area contributed by atoms with Gasteiger partial charge in [-0.25, -0.2) is 4.79 Å². The van der Waals surface area contributed by atoms with Crippen LogP contribution in [0, 0.1) is 0 Å². The van der Waals surface area contributed by atoms with Gasteiger partial charge in [0.05, 0.1) is 6.54 Å². The molecule has 2 rings (SSSR count). The van der Waals surface area contributed by atoms with Gasteiger partial charge in [-0.15, -0.1) is 0 Å². The van der Waals surface area contributed by atoms with Crippen LogP contribution in [0.25, 0.3) is 0 Å². The average molecular weight is 424 g/mol. The molecule has 0 bridgehead atoms. The quantitative estimate of drug-likeness (QED) is 0.645. The van der Waals surface area contributed by atoms with Crippen LogP contribution in [0.15, 0.2) is 22.7 Å². The fourth-order valence-electron chi connectivity index (χ4n) is 2.20. The van der Waals surface area contributed by atoms with Crippen molar-refractivity contribution in [2.75, 3.05) is 6.61 Å². The van der Waals surface area contributed by atoms with Gasteiger partial charge in [-0.3, -0.25) is 0 Å². The molecule has 25 heavy (non-hydrogen) atoms. The lowest BCUT2D eigenvalue weighted by Gasteiger charge is -2.28. The maximum absolute atomic E-state index is 12.4. The number of ether oxygens (including phenoxy) is 2. The summed E-state index contributed by atoms with van der Waals surface area (Å²) in [5, 5.41) is 0. The Labute approximate surface area is 153 Å². The molecule has 1 amide bonds. The van der Waals surface area contributed by atoms with E-state index < -0.39 is 24.5 Å². The summed E-state index contributed by atoms with van der Waals surface area (Å²) in [6, 6.07) is 4.77. The average Bonchev–Trinajstić information content (AvgIpc) is 3.25. The van der Waals surface area contributed by atoms with E-state index in [2.05, 4.69) is 15.9 Å². The standard InChI is InChI=1S/C17H21BrF3NO3/c1-16(2,3)25-15(23)22(13-5-6-13)9-11-8-12(18)4-7-14(11)24-10-17(19,20)21/h4,7-8,13H,5-6,9-10H2,1-3H3. The second-order valence-electron chi connectivity index (χ2n) is 7.00. The largest absolute Gasteiger partial charge is 0.484 e. The topological polar surface area (TPSA) is 38.8 Å². The number of nitrogens with zero attached hydrogens (tertiary/aromatic N) is 1. The smallest absolute Gasteiger partial charge is 0.422 e. The normalized spacial score (nSPS) is 15.0. The Morgan fingerprint density at radius 1 is 1.28 bits per heavy atom. The maximum Gasteiger partial charge on any atom is 0.422 e. The third kappa shape index (κ3) is 6.76. The molecule has 0 N–H and O–H groups in total. The van der Waals surface area contributed by atoms with E-state index in [0.717, 1.165) is 12.8 Å². The van der Waals surface area contributed by atoms with Gasteiger partial charge in [0.25, 0.3) is 0 Å². The fraction of sp³-hybridized carbons (Fsp3) is 0.588. The molecular weight excluding hydrogens is 403 g/mol. The van der Waals surface area contributed by atoms with E-state index in [-0.39, 0.29) is 18.3 Å². The van der Waals surface area contributed by atoms with Crippen molar-refractivity contribution in [3.05, 3.63) is 28.2 Å². The summed E-state index contributed by atoms with van der Waals surface area (Å²) in [6.45, 7) is 4.07. The lowest BCUT2D eigenvalue weighted by molar-refractivity contribution is -0.153. The van der Waals surface area contributed by atoms with Crippen molar-refractivity contribution in [3.63, 3.8) is 0 Å². The van der Waals surface area contributed by atoms with Crippen LogP contribution >= 0.6 is 15.9 Å². The Morgan fingerprint density at radius 2 is 1.92 bits per heavy atom. The third-order valence-electron chi connectivity index (χ3n) is 3.37. The minimum absolute atomic E-state index is 0.0456. The second-order valence-corrected chi connectivity index (χ2v) is 7.91. The van der Waals surface area contributed by atoms with Gasteiger partial charge >= 0.3 is 12.3 Å². The Morgan fingerprint density at radius 3 is 2.44 bits per heavy atom. The molecule has 1 aliphatic rings. The first-order valence-corrected chi connectivity index (χ1v) is 8.71. The van der Waals surface area contributed by atoms with Crippen LogP contribution in [0.4, 0.5) is 18.0 Å². The molecule has 1 saturated carbocycles. The molecule has 0 spiro atoms. The van der Waals surface area contributed by atoms with E-state index in [1.807, 2.05) is 0 Å². The van der Waals surface area contributed by atoms with Crippen molar-refractivity contribution in [1.29, 1.82) is 0 Å². The Kier molecular flexibility index (Phi) is 5.91. The zero-order valence-corrected chi connectivity index (χ0v) is 15.9. The van der Waals surface area contributed by atoms with E-state index in [4.69, 9.17) is 9.47 Å². The van der Waals surface area contributed by atoms with Crippen molar-refractivity contribution in [1.82, 2.24) is 4.90 Å². The van der Waals surface area contributed by atoms with Crippen LogP contribution in [-0.2, 0) is 11.3 Å². The molecule has 0 aliphatic heterocycles. The molecule has 0 radical (unpaired) electrons. The van der Waals surface area contributed by atoms with Crippen molar-refractivity contribution < 1.29 is 27.4 Å². The van der Waals surface area contributed by atoms with Gasteiger partial charge in [0, 0.05) is 16.1 Å². The second kappa shape index (κ2) is 7.43.